The van der Waals surface area contributed by atoms with Gasteiger partial charge in [0, 0.05) is 16.8 Å². The molecule has 0 unspecified atom stereocenters. The van der Waals surface area contributed by atoms with Gasteiger partial charge >= 0.3 is 0 Å². The summed E-state index contributed by atoms with van der Waals surface area (Å²) in [6.07, 6.45) is 0. The number of nitrogens with zero attached hydrogens (tertiary/aromatic N) is 1. The summed E-state index contributed by atoms with van der Waals surface area (Å²) in [5.41, 5.74) is 4.88. The number of hydrogen-bond acceptors (Lipinski definition) is 3. The summed E-state index contributed by atoms with van der Waals surface area (Å²) in [4.78, 5) is 2.24. The summed E-state index contributed by atoms with van der Waals surface area (Å²) in [7, 11) is 0. The maximum Gasteiger partial charge on any atom is 0.0681 e. The van der Waals surface area contributed by atoms with Crippen molar-refractivity contribution in [2.24, 2.45) is 0 Å². The van der Waals surface area contributed by atoms with E-state index >= 15 is 0 Å². The largest absolute Gasteiger partial charge is 0.392 e. The van der Waals surface area contributed by atoms with E-state index in [1.54, 1.807) is 0 Å². The first-order valence-electron chi connectivity index (χ1n) is 11.1. The van der Waals surface area contributed by atoms with Crippen molar-refractivity contribution in [2.45, 2.75) is 13.2 Å². The Balaban J connectivity index is 1.64. The van der Waals surface area contributed by atoms with Gasteiger partial charge in [-0.15, -0.1) is 0 Å². The van der Waals surface area contributed by atoms with Crippen molar-refractivity contribution in [1.29, 1.82) is 0 Å². The molecule has 0 aliphatic rings. The number of rotatable bonds is 5. The number of aliphatic hydroxyl groups is 2. The second-order valence-corrected chi connectivity index (χ2v) is 8.43. The van der Waals surface area contributed by atoms with Crippen LogP contribution in [0, 0.1) is 0 Å². The highest BCUT2D eigenvalue weighted by atomic mass is 16.3. The minimum absolute atomic E-state index is 0.0181. The fourth-order valence-corrected chi connectivity index (χ4v) is 4.84. The summed E-state index contributed by atoms with van der Waals surface area (Å²) >= 11 is 0. The van der Waals surface area contributed by atoms with Crippen molar-refractivity contribution in [2.75, 3.05) is 4.90 Å². The fraction of sp³-hybridized carbons (Fsp3) is 0.0667. The summed E-state index contributed by atoms with van der Waals surface area (Å²) in [6, 6.07) is 35.7. The van der Waals surface area contributed by atoms with E-state index in [0.29, 0.717) is 0 Å². The molecule has 0 heterocycles. The minimum Gasteiger partial charge on any atom is -0.392 e. The van der Waals surface area contributed by atoms with Crippen LogP contribution < -0.4 is 4.90 Å². The van der Waals surface area contributed by atoms with Gasteiger partial charge in [0.2, 0.25) is 0 Å². The van der Waals surface area contributed by atoms with Gasteiger partial charge in [-0.3, -0.25) is 0 Å². The minimum atomic E-state index is 0.0181. The van der Waals surface area contributed by atoms with Gasteiger partial charge in [0.25, 0.3) is 0 Å². The van der Waals surface area contributed by atoms with E-state index in [2.05, 4.69) is 59.5 Å². The van der Waals surface area contributed by atoms with E-state index in [1.807, 2.05) is 48.5 Å². The standard InChI is InChI=1S/C30H23NO2/c32-18-20-4-12-25(13-5-20)31(26-14-6-21(19-33)7-15-26)28-17-11-24-9-8-22-2-1-3-23-10-16-27(28)30(24)29(22)23/h1-17,32-33H,18-19H2. The van der Waals surface area contributed by atoms with E-state index in [-0.39, 0.29) is 13.2 Å². The highest BCUT2D eigenvalue weighted by Gasteiger charge is 2.18. The first kappa shape index (κ1) is 19.7. The van der Waals surface area contributed by atoms with Crippen LogP contribution in [-0.2, 0) is 13.2 Å². The lowest BCUT2D eigenvalue weighted by Gasteiger charge is -2.28. The van der Waals surface area contributed by atoms with Crippen LogP contribution in [0.3, 0.4) is 0 Å². The van der Waals surface area contributed by atoms with Crippen LogP contribution in [0.1, 0.15) is 11.1 Å². The first-order valence-corrected chi connectivity index (χ1v) is 11.1. The molecule has 0 bridgehead atoms. The zero-order valence-electron chi connectivity index (χ0n) is 18.1. The number of anilines is 3. The summed E-state index contributed by atoms with van der Waals surface area (Å²) in [5, 5.41) is 26.5. The van der Waals surface area contributed by atoms with E-state index in [0.717, 1.165) is 28.2 Å². The third kappa shape index (κ3) is 3.21. The Labute approximate surface area is 192 Å². The third-order valence-electron chi connectivity index (χ3n) is 6.50. The molecule has 0 aliphatic heterocycles. The summed E-state index contributed by atoms with van der Waals surface area (Å²) < 4.78 is 0. The topological polar surface area (TPSA) is 43.7 Å². The summed E-state index contributed by atoms with van der Waals surface area (Å²) in [6.45, 7) is 0.0361. The van der Waals surface area contributed by atoms with Crippen molar-refractivity contribution >= 4 is 49.4 Å². The number of aliphatic hydroxyl groups excluding tert-OH is 2. The normalized spacial score (nSPS) is 11.6. The number of benzene rings is 6. The third-order valence-corrected chi connectivity index (χ3v) is 6.50. The van der Waals surface area contributed by atoms with E-state index < -0.39 is 0 Å². The molecular formula is C30H23NO2. The highest BCUT2D eigenvalue weighted by Crippen LogP contribution is 2.43. The lowest BCUT2D eigenvalue weighted by Crippen LogP contribution is -2.11. The maximum absolute atomic E-state index is 9.52. The predicted molar refractivity (Wildman–Crippen MR) is 137 cm³/mol. The van der Waals surface area contributed by atoms with Crippen LogP contribution in [0.15, 0.2) is 103 Å². The van der Waals surface area contributed by atoms with E-state index in [9.17, 15) is 10.2 Å². The van der Waals surface area contributed by atoms with Gasteiger partial charge in [0.15, 0.2) is 0 Å². The zero-order valence-corrected chi connectivity index (χ0v) is 18.1. The van der Waals surface area contributed by atoms with Crippen LogP contribution >= 0.6 is 0 Å². The van der Waals surface area contributed by atoms with Crippen LogP contribution in [0.4, 0.5) is 17.1 Å². The highest BCUT2D eigenvalue weighted by molar-refractivity contribution is 6.25. The SMILES string of the molecule is OCc1ccc(N(c2ccc(CO)cc2)c2ccc3ccc4cccc5ccc2c3c45)cc1. The molecule has 160 valence electrons. The van der Waals surface area contributed by atoms with Gasteiger partial charge in [-0.05, 0) is 68.4 Å². The van der Waals surface area contributed by atoms with Crippen LogP contribution in [0.25, 0.3) is 32.3 Å². The van der Waals surface area contributed by atoms with Gasteiger partial charge in [0.05, 0.1) is 18.9 Å². The van der Waals surface area contributed by atoms with E-state index in [1.165, 1.54) is 32.3 Å². The molecule has 0 spiro atoms. The molecule has 0 amide bonds. The Morgan fingerprint density at radius 2 is 0.970 bits per heavy atom. The Bertz CT molecular complexity index is 1510. The lowest BCUT2D eigenvalue weighted by atomic mass is 9.93. The van der Waals surface area contributed by atoms with Crippen LogP contribution in [-0.4, -0.2) is 10.2 Å². The Morgan fingerprint density at radius 3 is 1.52 bits per heavy atom. The number of hydrogen-bond donors (Lipinski definition) is 2. The second kappa shape index (κ2) is 7.89. The molecule has 3 nitrogen and oxygen atoms in total. The second-order valence-electron chi connectivity index (χ2n) is 8.43. The quantitative estimate of drug-likeness (QED) is 0.289. The maximum atomic E-state index is 9.52. The smallest absolute Gasteiger partial charge is 0.0681 e. The van der Waals surface area contributed by atoms with Crippen molar-refractivity contribution in [3.8, 4) is 0 Å². The van der Waals surface area contributed by atoms with Crippen LogP contribution in [0.2, 0.25) is 0 Å². The van der Waals surface area contributed by atoms with Gasteiger partial charge in [-0.2, -0.15) is 0 Å². The van der Waals surface area contributed by atoms with Crippen molar-refractivity contribution in [1.82, 2.24) is 0 Å². The molecule has 6 aromatic carbocycles. The lowest BCUT2D eigenvalue weighted by molar-refractivity contribution is 0.281. The first-order chi connectivity index (χ1) is 16.3. The molecule has 6 aromatic rings. The van der Waals surface area contributed by atoms with Crippen molar-refractivity contribution in [3.05, 3.63) is 114 Å². The van der Waals surface area contributed by atoms with Gasteiger partial charge in [0.1, 0.15) is 0 Å². The molecule has 0 saturated carbocycles. The average molecular weight is 430 g/mol. The molecule has 0 aliphatic carbocycles. The van der Waals surface area contributed by atoms with Crippen LogP contribution in [0.5, 0.6) is 0 Å². The van der Waals surface area contributed by atoms with Gasteiger partial charge < -0.3 is 15.1 Å². The molecule has 33 heavy (non-hydrogen) atoms. The Morgan fingerprint density at radius 1 is 0.485 bits per heavy atom. The molecule has 0 atom stereocenters. The molecule has 3 heteroatoms. The van der Waals surface area contributed by atoms with Crippen molar-refractivity contribution in [3.63, 3.8) is 0 Å². The molecule has 0 radical (unpaired) electrons. The zero-order chi connectivity index (χ0) is 22.4. The average Bonchev–Trinajstić information content (AvgIpc) is 2.89. The molecular weight excluding hydrogens is 406 g/mol. The summed E-state index contributed by atoms with van der Waals surface area (Å²) in [5.74, 6) is 0. The predicted octanol–water partition coefficient (Wildman–Crippen LogP) is 7.04. The van der Waals surface area contributed by atoms with E-state index in [4.69, 9.17) is 0 Å². The fourth-order valence-electron chi connectivity index (χ4n) is 4.84. The van der Waals surface area contributed by atoms with Gasteiger partial charge in [-0.25, -0.2) is 0 Å². The van der Waals surface area contributed by atoms with Crippen molar-refractivity contribution < 1.29 is 10.2 Å². The molecule has 6 rings (SSSR count). The Hall–Kier alpha value is -3.92. The molecule has 0 aromatic heterocycles. The molecule has 0 saturated heterocycles. The Kier molecular flexibility index (Phi) is 4.72. The molecule has 2 N–H and O–H groups in total. The van der Waals surface area contributed by atoms with Gasteiger partial charge in [-0.1, -0.05) is 72.8 Å². The molecule has 0 fully saturated rings. The monoisotopic (exact) mass is 429 g/mol.